The number of hydrogen-bond donors (Lipinski definition) is 1. The van der Waals surface area contributed by atoms with Crippen molar-refractivity contribution >= 4 is 17.8 Å². The minimum absolute atomic E-state index is 0.0310. The van der Waals surface area contributed by atoms with Gasteiger partial charge in [-0.2, -0.15) is 0 Å². The van der Waals surface area contributed by atoms with Crippen LogP contribution in [0.4, 0.5) is 0 Å². The van der Waals surface area contributed by atoms with Crippen LogP contribution in [0.2, 0.25) is 0 Å². The van der Waals surface area contributed by atoms with Gasteiger partial charge in [0.25, 0.3) is 0 Å². The van der Waals surface area contributed by atoms with E-state index in [1.165, 1.54) is 13.0 Å². The zero-order chi connectivity index (χ0) is 11.4. The molecule has 15 heavy (non-hydrogen) atoms. The first-order chi connectivity index (χ1) is 7.00. The molecule has 0 atom stereocenters. The first kappa shape index (κ1) is 11.2. The fraction of sp³-hybridized carbons (Fsp3) is 0.167. The number of amides is 1. The standard InChI is InChI=1S/C12H13NO2/c1-8-7-11(9(2)14)4-3-10(8)5-6-12(13)15/h3-7H,1-2H3,(H2,13,15). The molecule has 0 bridgehead atoms. The third kappa shape index (κ3) is 3.06. The summed E-state index contributed by atoms with van der Waals surface area (Å²) in [4.78, 5) is 21.6. The second-order valence-electron chi connectivity index (χ2n) is 3.36. The van der Waals surface area contributed by atoms with Crippen LogP contribution in [-0.4, -0.2) is 11.7 Å². The third-order valence-electron chi connectivity index (χ3n) is 2.10. The Morgan fingerprint density at radius 3 is 2.47 bits per heavy atom. The number of aryl methyl sites for hydroxylation is 1. The molecule has 0 aliphatic rings. The van der Waals surface area contributed by atoms with Crippen molar-refractivity contribution in [3.8, 4) is 0 Å². The minimum atomic E-state index is -0.481. The first-order valence-corrected chi connectivity index (χ1v) is 4.60. The molecule has 0 spiro atoms. The van der Waals surface area contributed by atoms with Gasteiger partial charge in [0.15, 0.2) is 5.78 Å². The van der Waals surface area contributed by atoms with Gasteiger partial charge in [0.1, 0.15) is 0 Å². The van der Waals surface area contributed by atoms with Gasteiger partial charge in [-0.3, -0.25) is 9.59 Å². The Hall–Kier alpha value is -1.90. The van der Waals surface area contributed by atoms with Gasteiger partial charge < -0.3 is 5.73 Å². The molecule has 2 N–H and O–H groups in total. The number of benzene rings is 1. The molecule has 0 aromatic heterocycles. The van der Waals surface area contributed by atoms with E-state index >= 15 is 0 Å². The molecule has 1 rings (SSSR count). The van der Waals surface area contributed by atoms with E-state index in [0.717, 1.165) is 11.1 Å². The van der Waals surface area contributed by atoms with E-state index in [4.69, 9.17) is 5.73 Å². The molecule has 0 aliphatic heterocycles. The topological polar surface area (TPSA) is 60.2 Å². The Morgan fingerprint density at radius 1 is 1.33 bits per heavy atom. The van der Waals surface area contributed by atoms with Gasteiger partial charge in [-0.25, -0.2) is 0 Å². The largest absolute Gasteiger partial charge is 0.366 e. The summed E-state index contributed by atoms with van der Waals surface area (Å²) in [6, 6.07) is 5.32. The number of hydrogen-bond acceptors (Lipinski definition) is 2. The van der Waals surface area contributed by atoms with Crippen molar-refractivity contribution in [1.29, 1.82) is 0 Å². The van der Waals surface area contributed by atoms with E-state index in [9.17, 15) is 9.59 Å². The smallest absolute Gasteiger partial charge is 0.241 e. The molecule has 78 valence electrons. The number of ketones is 1. The lowest BCUT2D eigenvalue weighted by Gasteiger charge is -2.02. The average molecular weight is 203 g/mol. The fourth-order valence-electron chi connectivity index (χ4n) is 1.25. The zero-order valence-corrected chi connectivity index (χ0v) is 8.78. The van der Waals surface area contributed by atoms with Crippen molar-refractivity contribution in [2.24, 2.45) is 5.73 Å². The summed E-state index contributed by atoms with van der Waals surface area (Å²) in [6.07, 6.45) is 2.94. The van der Waals surface area contributed by atoms with Crippen LogP contribution >= 0.6 is 0 Å². The maximum Gasteiger partial charge on any atom is 0.241 e. The van der Waals surface area contributed by atoms with Gasteiger partial charge in [0, 0.05) is 11.6 Å². The Bertz CT molecular complexity index is 433. The van der Waals surface area contributed by atoms with Gasteiger partial charge in [-0.15, -0.1) is 0 Å². The van der Waals surface area contributed by atoms with Gasteiger partial charge in [0.05, 0.1) is 0 Å². The molecule has 1 amide bonds. The quantitative estimate of drug-likeness (QED) is 0.600. The molecule has 0 fully saturated rings. The van der Waals surface area contributed by atoms with Crippen molar-refractivity contribution in [2.45, 2.75) is 13.8 Å². The number of carbonyl (C=O) groups excluding carboxylic acids is 2. The highest BCUT2D eigenvalue weighted by Crippen LogP contribution is 2.13. The zero-order valence-electron chi connectivity index (χ0n) is 8.78. The number of rotatable bonds is 3. The van der Waals surface area contributed by atoms with Crippen molar-refractivity contribution < 1.29 is 9.59 Å². The van der Waals surface area contributed by atoms with E-state index in [2.05, 4.69) is 0 Å². The van der Waals surface area contributed by atoms with E-state index in [1.54, 1.807) is 24.3 Å². The fourth-order valence-corrected chi connectivity index (χ4v) is 1.25. The van der Waals surface area contributed by atoms with E-state index in [1.807, 2.05) is 6.92 Å². The normalized spacial score (nSPS) is 10.5. The maximum absolute atomic E-state index is 11.1. The number of nitrogens with two attached hydrogens (primary N) is 1. The summed E-state index contributed by atoms with van der Waals surface area (Å²) < 4.78 is 0. The average Bonchev–Trinajstić information content (AvgIpc) is 2.15. The summed E-state index contributed by atoms with van der Waals surface area (Å²) in [7, 11) is 0. The molecule has 3 heteroatoms. The first-order valence-electron chi connectivity index (χ1n) is 4.60. The highest BCUT2D eigenvalue weighted by Gasteiger charge is 2.01. The Kier molecular flexibility index (Phi) is 3.39. The maximum atomic E-state index is 11.1. The molecular formula is C12H13NO2. The summed E-state index contributed by atoms with van der Waals surface area (Å²) in [5.74, 6) is -0.450. The predicted molar refractivity (Wildman–Crippen MR) is 59.4 cm³/mol. The van der Waals surface area contributed by atoms with Crippen LogP contribution in [0.15, 0.2) is 24.3 Å². The highest BCUT2D eigenvalue weighted by atomic mass is 16.1. The SMILES string of the molecule is CC(=O)c1ccc(C=CC(N)=O)c(C)c1. The second kappa shape index (κ2) is 4.55. The van der Waals surface area contributed by atoms with Crippen molar-refractivity contribution in [1.82, 2.24) is 0 Å². The Labute approximate surface area is 88.6 Å². The molecule has 0 saturated carbocycles. The molecular weight excluding hydrogens is 190 g/mol. The molecule has 0 unspecified atom stereocenters. The molecule has 0 radical (unpaired) electrons. The molecule has 1 aromatic rings. The molecule has 0 aliphatic carbocycles. The molecule has 1 aromatic carbocycles. The number of carbonyl (C=O) groups is 2. The number of Topliss-reactive ketones (excluding diaryl/α,β-unsaturated/α-hetero) is 1. The van der Waals surface area contributed by atoms with Crippen LogP contribution < -0.4 is 5.73 Å². The lowest BCUT2D eigenvalue weighted by molar-refractivity contribution is -0.113. The monoisotopic (exact) mass is 203 g/mol. The minimum Gasteiger partial charge on any atom is -0.366 e. The summed E-state index contributed by atoms with van der Waals surface area (Å²) >= 11 is 0. The predicted octanol–water partition coefficient (Wildman–Crippen LogP) is 1.70. The summed E-state index contributed by atoms with van der Waals surface area (Å²) in [5.41, 5.74) is 7.49. The van der Waals surface area contributed by atoms with E-state index < -0.39 is 5.91 Å². The Morgan fingerprint density at radius 2 is 2.00 bits per heavy atom. The summed E-state index contributed by atoms with van der Waals surface area (Å²) in [6.45, 7) is 3.40. The third-order valence-corrected chi connectivity index (χ3v) is 2.10. The molecule has 3 nitrogen and oxygen atoms in total. The highest BCUT2D eigenvalue weighted by molar-refractivity contribution is 5.95. The number of primary amides is 1. The van der Waals surface area contributed by atoms with E-state index in [0.29, 0.717) is 5.56 Å². The van der Waals surface area contributed by atoms with Crippen LogP contribution in [-0.2, 0) is 4.79 Å². The van der Waals surface area contributed by atoms with Crippen molar-refractivity contribution in [2.75, 3.05) is 0 Å². The van der Waals surface area contributed by atoms with Crippen LogP contribution in [0, 0.1) is 6.92 Å². The second-order valence-corrected chi connectivity index (χ2v) is 3.36. The van der Waals surface area contributed by atoms with Gasteiger partial charge in [0.2, 0.25) is 5.91 Å². The van der Waals surface area contributed by atoms with Crippen molar-refractivity contribution in [3.05, 3.63) is 41.0 Å². The van der Waals surface area contributed by atoms with Crippen LogP contribution in [0.3, 0.4) is 0 Å². The van der Waals surface area contributed by atoms with Gasteiger partial charge in [-0.05, 0) is 37.1 Å². The lowest BCUT2D eigenvalue weighted by Crippen LogP contribution is -2.05. The summed E-state index contributed by atoms with van der Waals surface area (Å²) in [5, 5.41) is 0. The Balaban J connectivity index is 3.03. The van der Waals surface area contributed by atoms with E-state index in [-0.39, 0.29) is 5.78 Å². The van der Waals surface area contributed by atoms with Gasteiger partial charge >= 0.3 is 0 Å². The van der Waals surface area contributed by atoms with Crippen molar-refractivity contribution in [3.63, 3.8) is 0 Å². The van der Waals surface area contributed by atoms with Crippen LogP contribution in [0.1, 0.15) is 28.4 Å². The lowest BCUT2D eigenvalue weighted by atomic mass is 10.0. The van der Waals surface area contributed by atoms with Crippen LogP contribution in [0.5, 0.6) is 0 Å². The molecule has 0 heterocycles. The van der Waals surface area contributed by atoms with Crippen LogP contribution in [0.25, 0.3) is 6.08 Å². The molecule has 0 saturated heterocycles. The van der Waals surface area contributed by atoms with Gasteiger partial charge in [-0.1, -0.05) is 12.1 Å².